The third-order valence-corrected chi connectivity index (χ3v) is 8.57. The Morgan fingerprint density at radius 3 is 2.40 bits per heavy atom. The van der Waals surface area contributed by atoms with E-state index in [1.54, 1.807) is 0 Å². The number of fused-ring (bicyclic) bond motifs is 1. The van der Waals surface area contributed by atoms with Gasteiger partial charge in [0, 0.05) is 49.4 Å². The maximum Gasteiger partial charge on any atom is 0.225 e. The summed E-state index contributed by atoms with van der Waals surface area (Å²) < 4.78 is 0. The van der Waals surface area contributed by atoms with Crippen LogP contribution in [0.1, 0.15) is 38.5 Å². The van der Waals surface area contributed by atoms with Crippen molar-refractivity contribution in [3.05, 3.63) is 47.5 Å². The molecule has 1 aromatic heterocycles. The maximum absolute atomic E-state index is 13.3. The molecule has 1 N–H and O–H groups in total. The second kappa shape index (κ2) is 9.82. The summed E-state index contributed by atoms with van der Waals surface area (Å²) >= 11 is 6.57. The summed E-state index contributed by atoms with van der Waals surface area (Å²) in [7, 11) is 0. The van der Waals surface area contributed by atoms with Crippen molar-refractivity contribution in [2.45, 2.75) is 44.6 Å². The predicted octanol–water partition coefficient (Wildman–Crippen LogP) is 5.19. The number of aromatic amines is 1. The first-order valence-electron chi connectivity index (χ1n) is 13.2. The van der Waals surface area contributed by atoms with Crippen LogP contribution in [0.15, 0.2) is 42.5 Å². The number of amides is 1. The number of benzene rings is 2. The summed E-state index contributed by atoms with van der Waals surface area (Å²) in [5.74, 6) is 1.32. The van der Waals surface area contributed by atoms with Crippen LogP contribution >= 0.6 is 11.6 Å². The van der Waals surface area contributed by atoms with E-state index < -0.39 is 0 Å². The van der Waals surface area contributed by atoms with Gasteiger partial charge in [0.15, 0.2) is 0 Å². The molecule has 0 saturated carbocycles. The monoisotopic (exact) mass is 491 g/mol. The number of hydrogen-bond donors (Lipinski definition) is 1. The fourth-order valence-corrected chi connectivity index (χ4v) is 6.38. The Hall–Kier alpha value is -2.57. The van der Waals surface area contributed by atoms with Gasteiger partial charge in [-0.2, -0.15) is 0 Å². The van der Waals surface area contributed by atoms with Crippen molar-refractivity contribution in [3.63, 3.8) is 0 Å². The average molecular weight is 492 g/mol. The largest absolute Gasteiger partial charge is 0.371 e. The third kappa shape index (κ3) is 4.66. The Labute approximate surface area is 212 Å². The standard InChI is InChI=1S/C28H34ClN5O/c29-24-8-7-22(19-23(24)27-30-25-5-1-2-6-26(25)31-27)33-15-9-20(10-16-33)28(35)34-17-11-21(12-18-34)32-13-3-4-14-32/h1-2,5-8,19-21H,3-4,9-18H2,(H,30,31). The van der Waals surface area contributed by atoms with E-state index in [9.17, 15) is 4.79 Å². The van der Waals surface area contributed by atoms with E-state index in [1.807, 2.05) is 30.3 Å². The first kappa shape index (κ1) is 22.9. The number of hydrogen-bond acceptors (Lipinski definition) is 4. The lowest BCUT2D eigenvalue weighted by Gasteiger charge is -2.40. The molecule has 3 aliphatic heterocycles. The van der Waals surface area contributed by atoms with Gasteiger partial charge < -0.3 is 19.7 Å². The van der Waals surface area contributed by atoms with Crippen LogP contribution in [0.2, 0.25) is 5.02 Å². The second-order valence-corrected chi connectivity index (χ2v) is 10.7. The minimum Gasteiger partial charge on any atom is -0.371 e. The molecule has 6 rings (SSSR count). The van der Waals surface area contributed by atoms with Crippen LogP contribution in [0.5, 0.6) is 0 Å². The highest BCUT2D eigenvalue weighted by molar-refractivity contribution is 6.33. The van der Waals surface area contributed by atoms with Gasteiger partial charge in [-0.1, -0.05) is 23.7 Å². The fraction of sp³-hybridized carbons (Fsp3) is 0.500. The molecule has 3 saturated heterocycles. The second-order valence-electron chi connectivity index (χ2n) is 10.3. The zero-order valence-electron chi connectivity index (χ0n) is 20.3. The molecule has 1 amide bonds. The topological polar surface area (TPSA) is 55.5 Å². The Kier molecular flexibility index (Phi) is 6.42. The number of carbonyl (C=O) groups is 1. The molecule has 6 nitrogen and oxygen atoms in total. The van der Waals surface area contributed by atoms with E-state index in [0.29, 0.717) is 17.0 Å². The number of rotatable bonds is 4. The van der Waals surface area contributed by atoms with Crippen molar-refractivity contribution in [3.8, 4) is 11.4 Å². The number of H-pyrrole nitrogens is 1. The highest BCUT2D eigenvalue weighted by Gasteiger charge is 2.33. The smallest absolute Gasteiger partial charge is 0.225 e. The number of para-hydroxylation sites is 2. The number of nitrogens with zero attached hydrogens (tertiary/aromatic N) is 4. The van der Waals surface area contributed by atoms with Crippen LogP contribution in [0.4, 0.5) is 5.69 Å². The van der Waals surface area contributed by atoms with E-state index in [2.05, 4.69) is 31.8 Å². The van der Waals surface area contributed by atoms with E-state index in [1.165, 1.54) is 25.9 Å². The number of anilines is 1. The molecular formula is C28H34ClN5O. The van der Waals surface area contributed by atoms with Crippen LogP contribution in [0, 0.1) is 5.92 Å². The quantitative estimate of drug-likeness (QED) is 0.546. The van der Waals surface area contributed by atoms with Crippen molar-refractivity contribution in [2.75, 3.05) is 44.2 Å². The number of piperidine rings is 2. The third-order valence-electron chi connectivity index (χ3n) is 8.24. The summed E-state index contributed by atoms with van der Waals surface area (Å²) in [5, 5.41) is 0.690. The summed E-state index contributed by atoms with van der Waals surface area (Å²) in [6.45, 7) is 6.14. The van der Waals surface area contributed by atoms with Crippen LogP contribution in [0.3, 0.4) is 0 Å². The lowest BCUT2D eigenvalue weighted by atomic mass is 9.93. The van der Waals surface area contributed by atoms with E-state index in [4.69, 9.17) is 16.6 Å². The Bertz CT molecular complexity index is 1150. The normalized spacial score (nSPS) is 20.7. The summed E-state index contributed by atoms with van der Waals surface area (Å²) in [4.78, 5) is 28.6. The van der Waals surface area contributed by atoms with Gasteiger partial charge in [-0.25, -0.2) is 4.98 Å². The molecule has 35 heavy (non-hydrogen) atoms. The molecule has 184 valence electrons. The van der Waals surface area contributed by atoms with Crippen LogP contribution < -0.4 is 4.90 Å². The molecule has 0 unspecified atom stereocenters. The Morgan fingerprint density at radius 2 is 1.66 bits per heavy atom. The van der Waals surface area contributed by atoms with Crippen molar-refractivity contribution in [1.82, 2.24) is 19.8 Å². The van der Waals surface area contributed by atoms with Crippen LogP contribution in [-0.4, -0.2) is 71.0 Å². The van der Waals surface area contributed by atoms with E-state index >= 15 is 0 Å². The van der Waals surface area contributed by atoms with Crippen LogP contribution in [-0.2, 0) is 4.79 Å². The zero-order chi connectivity index (χ0) is 23.8. The lowest BCUT2D eigenvalue weighted by molar-refractivity contribution is -0.137. The molecule has 0 spiro atoms. The SMILES string of the molecule is O=C(C1CCN(c2ccc(Cl)c(-c3nc4ccccc4[nH]3)c2)CC1)N1CCC(N2CCCC2)CC1. The average Bonchev–Trinajstić information content (AvgIpc) is 3.59. The van der Waals surface area contributed by atoms with Crippen molar-refractivity contribution < 1.29 is 4.79 Å². The van der Waals surface area contributed by atoms with Crippen LogP contribution in [0.25, 0.3) is 22.4 Å². The molecule has 2 aromatic carbocycles. The molecule has 4 heterocycles. The van der Waals surface area contributed by atoms with Crippen molar-refractivity contribution in [1.29, 1.82) is 0 Å². The van der Waals surface area contributed by atoms with Gasteiger partial charge in [0.2, 0.25) is 5.91 Å². The number of carbonyl (C=O) groups excluding carboxylic acids is 1. The minimum absolute atomic E-state index is 0.150. The maximum atomic E-state index is 13.3. The molecule has 3 aromatic rings. The number of likely N-dealkylation sites (tertiary alicyclic amines) is 2. The van der Waals surface area contributed by atoms with Gasteiger partial charge >= 0.3 is 0 Å². The highest BCUT2D eigenvalue weighted by Crippen LogP contribution is 2.33. The van der Waals surface area contributed by atoms with Gasteiger partial charge in [-0.3, -0.25) is 4.79 Å². The molecular weight excluding hydrogens is 458 g/mol. The fourth-order valence-electron chi connectivity index (χ4n) is 6.17. The molecule has 0 radical (unpaired) electrons. The molecule has 7 heteroatoms. The number of imidazole rings is 1. The first-order valence-corrected chi connectivity index (χ1v) is 13.6. The van der Waals surface area contributed by atoms with Crippen molar-refractivity contribution in [2.24, 2.45) is 5.92 Å². The highest BCUT2D eigenvalue weighted by atomic mass is 35.5. The Morgan fingerprint density at radius 1 is 0.914 bits per heavy atom. The van der Waals surface area contributed by atoms with Gasteiger partial charge in [-0.15, -0.1) is 0 Å². The summed E-state index contributed by atoms with van der Waals surface area (Å²) in [6, 6.07) is 14.9. The van der Waals surface area contributed by atoms with E-state index in [-0.39, 0.29) is 5.92 Å². The molecule has 0 bridgehead atoms. The lowest BCUT2D eigenvalue weighted by Crippen LogP contribution is -2.49. The summed E-state index contributed by atoms with van der Waals surface area (Å²) in [5.41, 5.74) is 4.00. The predicted molar refractivity (Wildman–Crippen MR) is 142 cm³/mol. The van der Waals surface area contributed by atoms with E-state index in [0.717, 1.165) is 80.0 Å². The molecule has 0 aliphatic carbocycles. The first-order chi connectivity index (χ1) is 17.2. The number of halogens is 1. The zero-order valence-corrected chi connectivity index (χ0v) is 21.0. The minimum atomic E-state index is 0.150. The number of nitrogens with one attached hydrogen (secondary N) is 1. The number of aromatic nitrogens is 2. The van der Waals surface area contributed by atoms with Crippen molar-refractivity contribution >= 4 is 34.2 Å². The molecule has 3 aliphatic rings. The van der Waals surface area contributed by atoms with Gasteiger partial charge in [0.25, 0.3) is 0 Å². The Balaban J connectivity index is 1.08. The van der Waals surface area contributed by atoms with Gasteiger partial charge in [0.1, 0.15) is 5.82 Å². The summed E-state index contributed by atoms with van der Waals surface area (Å²) in [6.07, 6.45) is 6.77. The molecule has 3 fully saturated rings. The molecule has 0 atom stereocenters. The van der Waals surface area contributed by atoms with Gasteiger partial charge in [0.05, 0.1) is 16.1 Å². The van der Waals surface area contributed by atoms with Gasteiger partial charge in [-0.05, 0) is 81.9 Å².